The third-order valence-corrected chi connectivity index (χ3v) is 3.90. The van der Waals surface area contributed by atoms with Gasteiger partial charge in [-0.1, -0.05) is 12.1 Å². The van der Waals surface area contributed by atoms with E-state index in [-0.39, 0.29) is 17.3 Å². The Morgan fingerprint density at radius 1 is 1.14 bits per heavy atom. The van der Waals surface area contributed by atoms with Gasteiger partial charge in [0.2, 0.25) is 5.95 Å². The molecule has 1 heterocycles. The Labute approximate surface area is 160 Å². The number of carbonyl (C=O) groups excluding carboxylic acids is 1. The first kappa shape index (κ1) is 19.2. The number of hydrogen-bond acceptors (Lipinski definition) is 5. The monoisotopic (exact) mass is 384 g/mol. The quantitative estimate of drug-likeness (QED) is 0.650. The van der Waals surface area contributed by atoms with Crippen molar-refractivity contribution in [1.82, 2.24) is 9.97 Å². The van der Waals surface area contributed by atoms with Gasteiger partial charge in [-0.2, -0.15) is 0 Å². The first-order valence-corrected chi connectivity index (χ1v) is 8.51. The molecule has 0 saturated carbocycles. The van der Waals surface area contributed by atoms with Crippen LogP contribution in [0.4, 0.5) is 20.4 Å². The average Bonchev–Trinajstić information content (AvgIpc) is 2.70. The molecule has 0 bridgehead atoms. The number of nitrogens with zero attached hydrogens (tertiary/aromatic N) is 2. The van der Waals surface area contributed by atoms with E-state index < -0.39 is 17.5 Å². The first-order valence-electron chi connectivity index (χ1n) is 8.51. The summed E-state index contributed by atoms with van der Waals surface area (Å²) in [6, 6.07) is 12.0. The van der Waals surface area contributed by atoms with Crippen molar-refractivity contribution in [3.63, 3.8) is 0 Å². The van der Waals surface area contributed by atoms with Crippen molar-refractivity contribution in [2.24, 2.45) is 0 Å². The number of hydrogen-bond donors (Lipinski definition) is 2. The maximum atomic E-state index is 13.7. The molecular formula is C20H18F2N4O2. The van der Waals surface area contributed by atoms with Gasteiger partial charge in [0.1, 0.15) is 23.1 Å². The van der Waals surface area contributed by atoms with Gasteiger partial charge in [0, 0.05) is 18.8 Å². The zero-order valence-electron chi connectivity index (χ0n) is 15.1. The van der Waals surface area contributed by atoms with Crippen LogP contribution >= 0.6 is 0 Å². The normalized spacial score (nSPS) is 10.4. The van der Waals surface area contributed by atoms with E-state index in [0.29, 0.717) is 19.0 Å². The van der Waals surface area contributed by atoms with Crippen molar-refractivity contribution < 1.29 is 18.3 Å². The average molecular weight is 384 g/mol. The van der Waals surface area contributed by atoms with Crippen LogP contribution in [0.5, 0.6) is 5.75 Å². The Morgan fingerprint density at radius 2 is 2.00 bits per heavy atom. The number of rotatable bonds is 7. The fraction of sp³-hybridized carbons (Fsp3) is 0.150. The second kappa shape index (κ2) is 8.90. The summed E-state index contributed by atoms with van der Waals surface area (Å²) in [6.45, 7) is 0.546. The summed E-state index contributed by atoms with van der Waals surface area (Å²) in [4.78, 5) is 20.5. The molecule has 0 atom stereocenters. The topological polar surface area (TPSA) is 76.1 Å². The van der Waals surface area contributed by atoms with Crippen molar-refractivity contribution in [2.45, 2.75) is 6.42 Å². The molecule has 1 amide bonds. The standard InChI is InChI=1S/C20H18F2N4O2/c1-28-15-4-2-3-13(11-15)7-9-23-20-24-10-8-18(26-20)19(27)25-17-6-5-14(21)12-16(17)22/h2-6,8,10-12H,7,9H2,1H3,(H,25,27)(H,23,24,26). The summed E-state index contributed by atoms with van der Waals surface area (Å²) in [5.74, 6) is -1.15. The van der Waals surface area contributed by atoms with Gasteiger partial charge in [0.25, 0.3) is 5.91 Å². The summed E-state index contributed by atoms with van der Waals surface area (Å²) in [7, 11) is 1.61. The van der Waals surface area contributed by atoms with E-state index in [1.54, 1.807) is 7.11 Å². The second-order valence-corrected chi connectivity index (χ2v) is 5.87. The number of ether oxygens (including phenoxy) is 1. The van der Waals surface area contributed by atoms with Gasteiger partial charge in [-0.25, -0.2) is 18.7 Å². The van der Waals surface area contributed by atoms with Crippen LogP contribution in [0.3, 0.4) is 0 Å². The lowest BCUT2D eigenvalue weighted by atomic mass is 10.1. The lowest BCUT2D eigenvalue weighted by Gasteiger charge is -2.08. The molecule has 3 rings (SSSR count). The van der Waals surface area contributed by atoms with E-state index in [4.69, 9.17) is 4.74 Å². The van der Waals surface area contributed by atoms with Crippen molar-refractivity contribution in [3.8, 4) is 5.75 Å². The third kappa shape index (κ3) is 5.00. The molecule has 144 valence electrons. The summed E-state index contributed by atoms with van der Waals surface area (Å²) >= 11 is 0. The number of carbonyl (C=O) groups is 1. The molecule has 3 aromatic rings. The Balaban J connectivity index is 1.60. The number of benzene rings is 2. The number of amides is 1. The predicted molar refractivity (Wildman–Crippen MR) is 102 cm³/mol. The highest BCUT2D eigenvalue weighted by molar-refractivity contribution is 6.03. The number of anilines is 2. The fourth-order valence-electron chi connectivity index (χ4n) is 2.49. The van der Waals surface area contributed by atoms with Crippen molar-refractivity contribution >= 4 is 17.5 Å². The van der Waals surface area contributed by atoms with E-state index >= 15 is 0 Å². The minimum Gasteiger partial charge on any atom is -0.497 e. The molecule has 0 aliphatic rings. The van der Waals surface area contributed by atoms with Crippen molar-refractivity contribution in [2.75, 3.05) is 24.3 Å². The Morgan fingerprint density at radius 3 is 2.79 bits per heavy atom. The summed E-state index contributed by atoms with van der Waals surface area (Å²) < 4.78 is 31.8. The molecule has 0 saturated heterocycles. The second-order valence-electron chi connectivity index (χ2n) is 5.87. The fourth-order valence-corrected chi connectivity index (χ4v) is 2.49. The van der Waals surface area contributed by atoms with E-state index in [0.717, 1.165) is 23.4 Å². The number of aromatic nitrogens is 2. The highest BCUT2D eigenvalue weighted by Gasteiger charge is 2.12. The van der Waals surface area contributed by atoms with Gasteiger partial charge >= 0.3 is 0 Å². The van der Waals surface area contributed by atoms with Crippen LogP contribution < -0.4 is 15.4 Å². The Hall–Kier alpha value is -3.55. The molecule has 0 aliphatic heterocycles. The zero-order valence-corrected chi connectivity index (χ0v) is 15.1. The van der Waals surface area contributed by atoms with Gasteiger partial charge in [-0.15, -0.1) is 0 Å². The molecule has 1 aromatic heterocycles. The van der Waals surface area contributed by atoms with Crippen LogP contribution in [0.2, 0.25) is 0 Å². The van der Waals surface area contributed by atoms with Gasteiger partial charge in [0.15, 0.2) is 0 Å². The van der Waals surface area contributed by atoms with Crippen LogP contribution in [0, 0.1) is 11.6 Å². The Kier molecular flexibility index (Phi) is 6.11. The molecule has 2 aromatic carbocycles. The predicted octanol–water partition coefficient (Wildman–Crippen LogP) is 3.67. The highest BCUT2D eigenvalue weighted by Crippen LogP contribution is 2.16. The first-order chi connectivity index (χ1) is 13.5. The van der Waals surface area contributed by atoms with Crippen LogP contribution in [-0.4, -0.2) is 29.5 Å². The van der Waals surface area contributed by atoms with Crippen LogP contribution in [-0.2, 0) is 6.42 Å². The SMILES string of the molecule is COc1cccc(CCNc2nccc(C(=O)Nc3ccc(F)cc3F)n2)c1. The van der Waals surface area contributed by atoms with E-state index in [1.807, 2.05) is 24.3 Å². The van der Waals surface area contributed by atoms with Crippen LogP contribution in [0.15, 0.2) is 54.7 Å². The molecule has 8 heteroatoms. The summed E-state index contributed by atoms with van der Waals surface area (Å²) in [5, 5.41) is 5.40. The molecule has 2 N–H and O–H groups in total. The van der Waals surface area contributed by atoms with E-state index in [9.17, 15) is 13.6 Å². The lowest BCUT2D eigenvalue weighted by molar-refractivity contribution is 0.102. The van der Waals surface area contributed by atoms with Gasteiger partial charge in [0.05, 0.1) is 12.8 Å². The zero-order chi connectivity index (χ0) is 19.9. The van der Waals surface area contributed by atoms with Crippen LogP contribution in [0.25, 0.3) is 0 Å². The smallest absolute Gasteiger partial charge is 0.274 e. The number of halogens is 2. The lowest BCUT2D eigenvalue weighted by Crippen LogP contribution is -2.16. The molecule has 6 nitrogen and oxygen atoms in total. The highest BCUT2D eigenvalue weighted by atomic mass is 19.1. The van der Waals surface area contributed by atoms with Crippen LogP contribution in [0.1, 0.15) is 16.1 Å². The maximum Gasteiger partial charge on any atom is 0.274 e. The molecular weight excluding hydrogens is 366 g/mol. The van der Waals surface area contributed by atoms with E-state index in [1.165, 1.54) is 12.3 Å². The molecule has 0 spiro atoms. The largest absolute Gasteiger partial charge is 0.497 e. The molecule has 28 heavy (non-hydrogen) atoms. The third-order valence-electron chi connectivity index (χ3n) is 3.90. The van der Waals surface area contributed by atoms with E-state index in [2.05, 4.69) is 20.6 Å². The van der Waals surface area contributed by atoms with Gasteiger partial charge < -0.3 is 15.4 Å². The Bertz CT molecular complexity index is 982. The summed E-state index contributed by atoms with van der Waals surface area (Å²) in [5.41, 5.74) is 1.01. The van der Waals surface area contributed by atoms with Crippen molar-refractivity contribution in [3.05, 3.63) is 77.6 Å². The minimum atomic E-state index is -0.862. The van der Waals surface area contributed by atoms with Gasteiger partial charge in [-0.05, 0) is 42.3 Å². The minimum absolute atomic E-state index is 0.0580. The number of methoxy groups -OCH3 is 1. The van der Waals surface area contributed by atoms with Crippen molar-refractivity contribution in [1.29, 1.82) is 0 Å². The molecule has 0 aliphatic carbocycles. The maximum absolute atomic E-state index is 13.7. The molecule has 0 radical (unpaired) electrons. The summed E-state index contributed by atoms with van der Waals surface area (Å²) in [6.07, 6.45) is 2.13. The molecule has 0 fully saturated rings. The van der Waals surface area contributed by atoms with Gasteiger partial charge in [-0.3, -0.25) is 4.79 Å². The number of nitrogens with one attached hydrogen (secondary N) is 2. The molecule has 0 unspecified atom stereocenters.